The number of piperazine rings is 1. The van der Waals surface area contributed by atoms with E-state index < -0.39 is 10.0 Å². The van der Waals surface area contributed by atoms with Gasteiger partial charge in [0.1, 0.15) is 5.82 Å². The number of hydrogen-bond donors (Lipinski definition) is 0. The van der Waals surface area contributed by atoms with Gasteiger partial charge < -0.3 is 4.90 Å². The van der Waals surface area contributed by atoms with Gasteiger partial charge in [0.05, 0.1) is 5.75 Å². The van der Waals surface area contributed by atoms with Gasteiger partial charge in [-0.25, -0.2) is 18.4 Å². The number of anilines is 1. The van der Waals surface area contributed by atoms with Crippen molar-refractivity contribution in [1.29, 1.82) is 0 Å². The average molecular weight is 465 g/mol. The van der Waals surface area contributed by atoms with Crippen LogP contribution in [-0.4, -0.2) is 54.6 Å². The molecule has 0 atom stereocenters. The van der Waals surface area contributed by atoms with E-state index >= 15 is 0 Å². The van der Waals surface area contributed by atoms with Crippen LogP contribution in [0, 0.1) is 20.8 Å². The molecule has 0 N–H and O–H groups in total. The summed E-state index contributed by atoms with van der Waals surface area (Å²) in [6.07, 6.45) is 0.747. The van der Waals surface area contributed by atoms with Crippen LogP contribution in [0.5, 0.6) is 0 Å². The Morgan fingerprint density at radius 2 is 1.61 bits per heavy atom. The lowest BCUT2D eigenvalue weighted by Gasteiger charge is -2.35. The first kappa shape index (κ1) is 23.4. The monoisotopic (exact) mass is 464 g/mol. The number of aryl methyl sites for hydroxylation is 3. The Hall–Kier alpha value is -2.77. The molecule has 1 aliphatic rings. The van der Waals surface area contributed by atoms with E-state index in [-0.39, 0.29) is 5.75 Å². The molecule has 3 aromatic rings. The molecule has 4 rings (SSSR count). The number of rotatable bonds is 6. The minimum absolute atomic E-state index is 0.135. The van der Waals surface area contributed by atoms with E-state index in [4.69, 9.17) is 9.97 Å². The molecule has 0 unspecified atom stereocenters. The van der Waals surface area contributed by atoms with Gasteiger partial charge in [0.25, 0.3) is 0 Å². The Morgan fingerprint density at radius 3 is 2.27 bits per heavy atom. The van der Waals surface area contributed by atoms with Crippen molar-refractivity contribution >= 4 is 15.8 Å². The molecular weight excluding hydrogens is 432 g/mol. The third-order valence-corrected chi connectivity index (χ3v) is 8.27. The Labute approximate surface area is 197 Å². The molecule has 1 saturated heterocycles. The van der Waals surface area contributed by atoms with Crippen molar-refractivity contribution in [3.8, 4) is 11.4 Å². The highest BCUT2D eigenvalue weighted by Gasteiger charge is 2.28. The molecule has 1 fully saturated rings. The number of aromatic nitrogens is 2. The second kappa shape index (κ2) is 9.61. The van der Waals surface area contributed by atoms with E-state index in [1.165, 1.54) is 16.7 Å². The van der Waals surface area contributed by atoms with Gasteiger partial charge in [0, 0.05) is 49.4 Å². The Bertz CT molecular complexity index is 1230. The van der Waals surface area contributed by atoms with Gasteiger partial charge in [-0.1, -0.05) is 54.1 Å². The normalized spacial score (nSPS) is 15.1. The molecule has 6 nitrogen and oxygen atoms in total. The molecule has 0 aliphatic carbocycles. The molecule has 0 saturated carbocycles. The van der Waals surface area contributed by atoms with E-state index in [2.05, 4.69) is 43.9 Å². The Kier molecular flexibility index (Phi) is 6.81. The van der Waals surface area contributed by atoms with Crippen LogP contribution in [0.15, 0.2) is 48.5 Å². The molecule has 0 bridgehead atoms. The average Bonchev–Trinajstić information content (AvgIpc) is 2.83. The van der Waals surface area contributed by atoms with E-state index in [1.807, 2.05) is 30.3 Å². The van der Waals surface area contributed by atoms with Crippen LogP contribution in [-0.2, 0) is 16.4 Å². The van der Waals surface area contributed by atoms with Crippen molar-refractivity contribution in [3.63, 3.8) is 0 Å². The third kappa shape index (κ3) is 5.09. The van der Waals surface area contributed by atoms with Gasteiger partial charge >= 0.3 is 0 Å². The maximum Gasteiger partial charge on any atom is 0.213 e. The van der Waals surface area contributed by atoms with Crippen LogP contribution >= 0.6 is 0 Å². The highest BCUT2D eigenvalue weighted by Crippen LogP contribution is 2.29. The van der Waals surface area contributed by atoms with Gasteiger partial charge in [-0.15, -0.1) is 0 Å². The highest BCUT2D eigenvalue weighted by molar-refractivity contribution is 7.89. The number of sulfonamides is 1. The maximum atomic E-state index is 12.4. The first-order valence-corrected chi connectivity index (χ1v) is 13.1. The molecule has 2 aromatic carbocycles. The molecule has 7 heteroatoms. The Balaban J connectivity index is 1.74. The lowest BCUT2D eigenvalue weighted by atomic mass is 9.97. The molecule has 0 amide bonds. The lowest BCUT2D eigenvalue weighted by Crippen LogP contribution is -2.49. The van der Waals surface area contributed by atoms with Crippen molar-refractivity contribution in [2.75, 3.05) is 36.8 Å². The summed E-state index contributed by atoms with van der Waals surface area (Å²) in [5.74, 6) is 1.75. The standard InChI is InChI=1S/C26H32N4O2S/c1-5-33(31,32)30-15-13-29(14-16-30)26-24(18-23-17-19(2)11-12-20(23)3)21(4)27-25(28-26)22-9-7-6-8-10-22/h6-12,17H,5,13-16,18H2,1-4H3. The molecule has 1 aliphatic heterocycles. The maximum absolute atomic E-state index is 12.4. The second-order valence-electron chi connectivity index (χ2n) is 8.69. The number of hydrogen-bond acceptors (Lipinski definition) is 5. The minimum atomic E-state index is -3.18. The van der Waals surface area contributed by atoms with Gasteiger partial charge in [0.15, 0.2) is 5.82 Å². The smallest absolute Gasteiger partial charge is 0.213 e. The van der Waals surface area contributed by atoms with Gasteiger partial charge in [-0.3, -0.25) is 0 Å². The molecule has 2 heterocycles. The van der Waals surface area contributed by atoms with E-state index in [0.29, 0.717) is 32.0 Å². The third-order valence-electron chi connectivity index (χ3n) is 6.39. The fraction of sp³-hybridized carbons (Fsp3) is 0.385. The lowest BCUT2D eigenvalue weighted by molar-refractivity contribution is 0.384. The van der Waals surface area contributed by atoms with Crippen LogP contribution in [0.2, 0.25) is 0 Å². The zero-order chi connectivity index (χ0) is 23.6. The summed E-state index contributed by atoms with van der Waals surface area (Å²) >= 11 is 0. The zero-order valence-corrected chi connectivity index (χ0v) is 20.7. The molecular formula is C26H32N4O2S. The van der Waals surface area contributed by atoms with Crippen LogP contribution in [0.1, 0.15) is 34.9 Å². The van der Waals surface area contributed by atoms with Crippen LogP contribution in [0.25, 0.3) is 11.4 Å². The fourth-order valence-corrected chi connectivity index (χ4v) is 5.39. The van der Waals surface area contributed by atoms with E-state index in [1.54, 1.807) is 11.2 Å². The van der Waals surface area contributed by atoms with Crippen LogP contribution in [0.4, 0.5) is 5.82 Å². The van der Waals surface area contributed by atoms with Crippen molar-refractivity contribution in [3.05, 3.63) is 76.5 Å². The van der Waals surface area contributed by atoms with Crippen LogP contribution < -0.4 is 4.90 Å². The number of nitrogens with zero attached hydrogens (tertiary/aromatic N) is 4. The summed E-state index contributed by atoms with van der Waals surface area (Å²) < 4.78 is 26.3. The largest absolute Gasteiger partial charge is 0.354 e. The first-order chi connectivity index (χ1) is 15.8. The van der Waals surface area contributed by atoms with Gasteiger partial charge in [-0.2, -0.15) is 4.31 Å². The quantitative estimate of drug-likeness (QED) is 0.549. The molecule has 174 valence electrons. The number of benzene rings is 2. The SMILES string of the molecule is CCS(=O)(=O)N1CCN(c2nc(-c3ccccc3)nc(C)c2Cc2cc(C)ccc2C)CC1. The topological polar surface area (TPSA) is 66.4 Å². The molecule has 1 aromatic heterocycles. The van der Waals surface area contributed by atoms with Gasteiger partial charge in [0.2, 0.25) is 10.0 Å². The van der Waals surface area contributed by atoms with Crippen LogP contribution in [0.3, 0.4) is 0 Å². The van der Waals surface area contributed by atoms with Crippen molar-refractivity contribution < 1.29 is 8.42 Å². The predicted octanol–water partition coefficient (Wildman–Crippen LogP) is 4.13. The molecule has 0 radical (unpaired) electrons. The summed E-state index contributed by atoms with van der Waals surface area (Å²) in [5.41, 5.74) is 6.79. The summed E-state index contributed by atoms with van der Waals surface area (Å²) in [6, 6.07) is 16.5. The highest BCUT2D eigenvalue weighted by atomic mass is 32.2. The second-order valence-corrected chi connectivity index (χ2v) is 11.0. The van der Waals surface area contributed by atoms with Crippen molar-refractivity contribution in [2.45, 2.75) is 34.1 Å². The predicted molar refractivity (Wildman–Crippen MR) is 134 cm³/mol. The van der Waals surface area contributed by atoms with E-state index in [9.17, 15) is 8.42 Å². The summed E-state index contributed by atoms with van der Waals surface area (Å²) in [5, 5.41) is 0. The molecule has 0 spiro atoms. The zero-order valence-electron chi connectivity index (χ0n) is 19.9. The Morgan fingerprint density at radius 1 is 0.909 bits per heavy atom. The van der Waals surface area contributed by atoms with Crippen molar-refractivity contribution in [1.82, 2.24) is 14.3 Å². The van der Waals surface area contributed by atoms with Gasteiger partial charge in [-0.05, 0) is 38.8 Å². The molecule has 33 heavy (non-hydrogen) atoms. The first-order valence-electron chi connectivity index (χ1n) is 11.5. The summed E-state index contributed by atoms with van der Waals surface area (Å²) in [6.45, 7) is 10.2. The minimum Gasteiger partial charge on any atom is -0.354 e. The summed E-state index contributed by atoms with van der Waals surface area (Å²) in [4.78, 5) is 12.1. The van der Waals surface area contributed by atoms with Crippen molar-refractivity contribution in [2.24, 2.45) is 0 Å². The summed E-state index contributed by atoms with van der Waals surface area (Å²) in [7, 11) is -3.18. The fourth-order valence-electron chi connectivity index (χ4n) is 4.31. The van der Waals surface area contributed by atoms with E-state index in [0.717, 1.165) is 29.1 Å².